The van der Waals surface area contributed by atoms with E-state index in [9.17, 15) is 14.0 Å². The summed E-state index contributed by atoms with van der Waals surface area (Å²) in [6, 6.07) is 9.37. The Morgan fingerprint density at radius 3 is 2.93 bits per heavy atom. The lowest BCUT2D eigenvalue weighted by Gasteiger charge is -2.33. The highest BCUT2D eigenvalue weighted by Gasteiger charge is 2.27. The molecule has 1 aliphatic heterocycles. The van der Waals surface area contributed by atoms with Crippen molar-refractivity contribution in [3.8, 4) is 0 Å². The minimum Gasteiger partial charge on any atom is -0.397 e. The lowest BCUT2D eigenvalue weighted by atomic mass is 10.0. The van der Waals surface area contributed by atoms with E-state index in [0.29, 0.717) is 29.9 Å². The number of amides is 1. The molecule has 0 bridgehead atoms. The minimum absolute atomic E-state index is 0.0694. The molecule has 4 rings (SSSR count). The second-order valence-corrected chi connectivity index (χ2v) is 7.57. The number of fused-ring (bicyclic) bond motifs is 1. The monoisotopic (exact) mass is 402 g/mol. The van der Waals surface area contributed by atoms with E-state index in [1.807, 2.05) is 6.07 Å². The van der Waals surface area contributed by atoms with Crippen molar-refractivity contribution in [1.29, 1.82) is 0 Å². The molecule has 2 aromatic carbocycles. The Labute approximate surface area is 165 Å². The fourth-order valence-corrected chi connectivity index (χ4v) is 4.17. The Balaban J connectivity index is 1.56. The summed E-state index contributed by atoms with van der Waals surface area (Å²) in [6.45, 7) is 1.03. The quantitative estimate of drug-likeness (QED) is 0.660. The number of hydrogen-bond donors (Lipinski definition) is 2. The third-order valence-electron chi connectivity index (χ3n) is 5.18. The number of aromatic nitrogens is 2. The molecule has 28 heavy (non-hydrogen) atoms. The van der Waals surface area contributed by atoms with E-state index in [0.717, 1.165) is 18.4 Å². The van der Waals surface area contributed by atoms with Gasteiger partial charge in [-0.15, -0.1) is 0 Å². The minimum atomic E-state index is -0.463. The molecule has 0 saturated carbocycles. The van der Waals surface area contributed by atoms with Crippen LogP contribution in [-0.4, -0.2) is 33.4 Å². The fourth-order valence-electron chi connectivity index (χ4n) is 3.92. The van der Waals surface area contributed by atoms with E-state index in [4.69, 9.17) is 17.3 Å². The standard InChI is InChI=1S/C20H20ClFN4O2/c21-13-7-12(8-14(22)10-13)9-18(27)25-6-2-3-15(11-25)26-17-5-1-4-16(23)19(17)24-20(26)28/h1,4-5,7-8,10,15H,2-3,6,9,11,23H2,(H,24,28)/t15-/m0/s1. The van der Waals surface area contributed by atoms with Crippen LogP contribution in [0.2, 0.25) is 5.02 Å². The average Bonchev–Trinajstić information content (AvgIpc) is 2.98. The topological polar surface area (TPSA) is 84.1 Å². The van der Waals surface area contributed by atoms with E-state index in [1.165, 1.54) is 12.1 Å². The predicted molar refractivity (Wildman–Crippen MR) is 107 cm³/mol. The van der Waals surface area contributed by atoms with Crippen LogP contribution in [0.5, 0.6) is 0 Å². The van der Waals surface area contributed by atoms with Gasteiger partial charge < -0.3 is 15.6 Å². The molecule has 1 aliphatic rings. The van der Waals surface area contributed by atoms with Gasteiger partial charge in [-0.1, -0.05) is 17.7 Å². The van der Waals surface area contributed by atoms with Crippen LogP contribution in [0.15, 0.2) is 41.2 Å². The number of H-pyrrole nitrogens is 1. The van der Waals surface area contributed by atoms with Gasteiger partial charge in [-0.3, -0.25) is 9.36 Å². The average molecular weight is 403 g/mol. The number of carbonyl (C=O) groups excluding carboxylic acids is 1. The highest BCUT2D eigenvalue weighted by atomic mass is 35.5. The van der Waals surface area contributed by atoms with Crippen molar-refractivity contribution in [1.82, 2.24) is 14.5 Å². The number of halogens is 2. The lowest BCUT2D eigenvalue weighted by Crippen LogP contribution is -2.43. The number of likely N-dealkylation sites (tertiary alicyclic amines) is 1. The number of imidazole rings is 1. The first kappa shape index (κ1) is 18.6. The summed E-state index contributed by atoms with van der Waals surface area (Å²) >= 11 is 5.88. The van der Waals surface area contributed by atoms with Gasteiger partial charge in [0.2, 0.25) is 5.91 Å². The van der Waals surface area contributed by atoms with Crippen LogP contribution in [0.4, 0.5) is 10.1 Å². The molecule has 6 nitrogen and oxygen atoms in total. The Bertz CT molecular complexity index is 1090. The summed E-state index contributed by atoms with van der Waals surface area (Å²) < 4.78 is 15.2. The van der Waals surface area contributed by atoms with Crippen molar-refractivity contribution in [2.45, 2.75) is 25.3 Å². The van der Waals surface area contributed by atoms with Gasteiger partial charge in [0.05, 0.1) is 29.2 Å². The number of nitrogens with two attached hydrogens (primary N) is 1. The van der Waals surface area contributed by atoms with Crippen molar-refractivity contribution in [3.63, 3.8) is 0 Å². The molecule has 1 amide bonds. The third-order valence-corrected chi connectivity index (χ3v) is 5.40. The van der Waals surface area contributed by atoms with Crippen LogP contribution in [-0.2, 0) is 11.2 Å². The molecular weight excluding hydrogens is 383 g/mol. The first-order valence-corrected chi connectivity index (χ1v) is 9.51. The van der Waals surface area contributed by atoms with E-state index in [1.54, 1.807) is 27.7 Å². The van der Waals surface area contributed by atoms with Crippen LogP contribution in [0.3, 0.4) is 0 Å². The number of nitrogens with zero attached hydrogens (tertiary/aromatic N) is 2. The normalized spacial score (nSPS) is 17.2. The second-order valence-electron chi connectivity index (χ2n) is 7.13. The highest BCUT2D eigenvalue weighted by molar-refractivity contribution is 6.30. The predicted octanol–water partition coefficient (Wildman–Crippen LogP) is 3.11. The molecule has 146 valence electrons. The fraction of sp³-hybridized carbons (Fsp3) is 0.300. The molecule has 0 spiro atoms. The molecule has 0 radical (unpaired) electrons. The number of hydrogen-bond acceptors (Lipinski definition) is 3. The van der Waals surface area contributed by atoms with E-state index < -0.39 is 5.82 Å². The maximum atomic E-state index is 13.5. The molecule has 3 N–H and O–H groups in total. The number of para-hydroxylation sites is 1. The number of aromatic amines is 1. The summed E-state index contributed by atoms with van der Waals surface area (Å²) in [5, 5.41) is 0.266. The number of piperidine rings is 1. The van der Waals surface area contributed by atoms with Crippen LogP contribution >= 0.6 is 11.6 Å². The third kappa shape index (κ3) is 3.49. The van der Waals surface area contributed by atoms with Gasteiger partial charge >= 0.3 is 5.69 Å². The summed E-state index contributed by atoms with van der Waals surface area (Å²) in [5.41, 5.74) is 8.14. The molecule has 1 fully saturated rings. The van der Waals surface area contributed by atoms with Crippen molar-refractivity contribution in [2.24, 2.45) is 0 Å². The number of rotatable bonds is 3. The van der Waals surface area contributed by atoms with Crippen molar-refractivity contribution >= 4 is 34.2 Å². The van der Waals surface area contributed by atoms with Crippen molar-refractivity contribution in [2.75, 3.05) is 18.8 Å². The lowest BCUT2D eigenvalue weighted by molar-refractivity contribution is -0.132. The maximum absolute atomic E-state index is 13.5. The van der Waals surface area contributed by atoms with Gasteiger partial charge in [0.15, 0.2) is 0 Å². The smallest absolute Gasteiger partial charge is 0.326 e. The Morgan fingerprint density at radius 1 is 1.32 bits per heavy atom. The zero-order chi connectivity index (χ0) is 19.8. The molecule has 3 aromatic rings. The molecule has 0 unspecified atom stereocenters. The number of carbonyl (C=O) groups is 1. The number of benzene rings is 2. The Hall–Kier alpha value is -2.80. The van der Waals surface area contributed by atoms with Gasteiger partial charge in [0.25, 0.3) is 0 Å². The maximum Gasteiger partial charge on any atom is 0.326 e. The highest BCUT2D eigenvalue weighted by Crippen LogP contribution is 2.26. The van der Waals surface area contributed by atoms with E-state index in [-0.39, 0.29) is 29.1 Å². The number of nitrogens with one attached hydrogen (secondary N) is 1. The van der Waals surface area contributed by atoms with Gasteiger partial charge in [-0.2, -0.15) is 0 Å². The molecular formula is C20H20ClFN4O2. The zero-order valence-corrected chi connectivity index (χ0v) is 15.9. The molecule has 1 saturated heterocycles. The van der Waals surface area contributed by atoms with E-state index in [2.05, 4.69) is 4.98 Å². The van der Waals surface area contributed by atoms with Crippen LogP contribution in [0.25, 0.3) is 11.0 Å². The zero-order valence-electron chi connectivity index (χ0n) is 15.1. The first-order chi connectivity index (χ1) is 13.4. The van der Waals surface area contributed by atoms with E-state index >= 15 is 0 Å². The van der Waals surface area contributed by atoms with Crippen molar-refractivity contribution in [3.05, 3.63) is 63.3 Å². The molecule has 1 atom stereocenters. The SMILES string of the molecule is Nc1cccc2c1[nH]c(=O)n2[C@H]1CCCN(C(=O)Cc2cc(F)cc(Cl)c2)C1. The van der Waals surface area contributed by atoms with Gasteiger partial charge in [-0.25, -0.2) is 9.18 Å². The van der Waals surface area contributed by atoms with Gasteiger partial charge in [0, 0.05) is 18.1 Å². The molecule has 0 aliphatic carbocycles. The second kappa shape index (κ2) is 7.31. The Kier molecular flexibility index (Phi) is 4.85. The van der Waals surface area contributed by atoms with Gasteiger partial charge in [-0.05, 0) is 48.7 Å². The Morgan fingerprint density at radius 2 is 2.14 bits per heavy atom. The number of nitrogen functional groups attached to an aromatic ring is 1. The van der Waals surface area contributed by atoms with Crippen LogP contribution in [0.1, 0.15) is 24.4 Å². The van der Waals surface area contributed by atoms with Crippen LogP contribution in [0, 0.1) is 5.82 Å². The van der Waals surface area contributed by atoms with Crippen molar-refractivity contribution < 1.29 is 9.18 Å². The summed E-state index contributed by atoms with van der Waals surface area (Å²) in [6.07, 6.45) is 1.64. The molecule has 2 heterocycles. The first-order valence-electron chi connectivity index (χ1n) is 9.14. The van der Waals surface area contributed by atoms with Gasteiger partial charge in [0.1, 0.15) is 5.82 Å². The molecule has 1 aromatic heterocycles. The number of anilines is 1. The summed E-state index contributed by atoms with van der Waals surface area (Å²) in [5.74, 6) is -0.575. The molecule has 8 heteroatoms. The summed E-state index contributed by atoms with van der Waals surface area (Å²) in [7, 11) is 0. The van der Waals surface area contributed by atoms with Crippen LogP contribution < -0.4 is 11.4 Å². The largest absolute Gasteiger partial charge is 0.397 e. The summed E-state index contributed by atoms with van der Waals surface area (Å²) in [4.78, 5) is 29.8.